The van der Waals surface area contributed by atoms with E-state index in [2.05, 4.69) is 17.6 Å². The number of rotatable bonds is 8. The maximum atomic E-state index is 11.8. The molecule has 4 nitrogen and oxygen atoms in total. The van der Waals surface area contributed by atoms with E-state index in [1.165, 1.54) is 0 Å². The Kier molecular flexibility index (Phi) is 8.58. The van der Waals surface area contributed by atoms with Crippen molar-refractivity contribution < 1.29 is 9.53 Å². The zero-order valence-electron chi connectivity index (χ0n) is 11.9. The molecule has 0 aliphatic rings. The minimum absolute atomic E-state index is 0.192. The van der Waals surface area contributed by atoms with Crippen LogP contribution in [0.5, 0.6) is 0 Å². The summed E-state index contributed by atoms with van der Waals surface area (Å²) >= 11 is 5.07. The number of hydrogen-bond acceptors (Lipinski definition) is 3. The first-order valence-corrected chi connectivity index (χ1v) is 7.37. The van der Waals surface area contributed by atoms with Crippen LogP contribution in [0, 0.1) is 0 Å². The predicted molar refractivity (Wildman–Crippen MR) is 84.9 cm³/mol. The molecule has 20 heavy (non-hydrogen) atoms. The molecule has 0 saturated carbocycles. The van der Waals surface area contributed by atoms with Crippen molar-refractivity contribution in [2.45, 2.75) is 26.2 Å². The molecule has 0 aliphatic carbocycles. The number of thiocarbonyl (C=S) groups is 1. The summed E-state index contributed by atoms with van der Waals surface area (Å²) in [5, 5.41) is 6.00. The fourth-order valence-electron chi connectivity index (χ4n) is 1.53. The monoisotopic (exact) mass is 294 g/mol. The van der Waals surface area contributed by atoms with Gasteiger partial charge in [-0.15, -0.1) is 0 Å². The summed E-state index contributed by atoms with van der Waals surface area (Å²) in [6.07, 6.45) is 3.11. The van der Waals surface area contributed by atoms with Gasteiger partial charge in [0.1, 0.15) is 0 Å². The molecular formula is C15H22N2O2S. The fraction of sp³-hybridized carbons (Fsp3) is 0.467. The molecule has 0 aliphatic heterocycles. The zero-order chi connectivity index (χ0) is 14.6. The van der Waals surface area contributed by atoms with Gasteiger partial charge in [-0.3, -0.25) is 10.1 Å². The quantitative estimate of drug-likeness (QED) is 0.571. The first-order chi connectivity index (χ1) is 9.74. The van der Waals surface area contributed by atoms with Crippen molar-refractivity contribution in [3.05, 3.63) is 35.9 Å². The van der Waals surface area contributed by atoms with Crippen molar-refractivity contribution >= 4 is 23.2 Å². The molecule has 0 unspecified atom stereocenters. The molecular weight excluding hydrogens is 272 g/mol. The summed E-state index contributed by atoms with van der Waals surface area (Å²) in [7, 11) is 0. The predicted octanol–water partition coefficient (Wildman–Crippen LogP) is 2.50. The van der Waals surface area contributed by atoms with E-state index in [0.717, 1.165) is 25.9 Å². The Balaban J connectivity index is 2.10. The lowest BCUT2D eigenvalue weighted by Crippen LogP contribution is -2.39. The summed E-state index contributed by atoms with van der Waals surface area (Å²) in [6.45, 7) is 4.35. The summed E-state index contributed by atoms with van der Waals surface area (Å²) in [5.41, 5.74) is 0.597. The van der Waals surface area contributed by atoms with Crippen LogP contribution in [0.1, 0.15) is 36.5 Å². The van der Waals surface area contributed by atoms with Crippen molar-refractivity contribution in [3.63, 3.8) is 0 Å². The maximum absolute atomic E-state index is 11.8. The molecule has 1 aromatic carbocycles. The largest absolute Gasteiger partial charge is 0.381 e. The molecule has 0 atom stereocenters. The van der Waals surface area contributed by atoms with E-state index in [0.29, 0.717) is 23.8 Å². The van der Waals surface area contributed by atoms with E-state index in [1.807, 2.05) is 18.2 Å². The number of hydrogen-bond donors (Lipinski definition) is 2. The lowest BCUT2D eigenvalue weighted by atomic mass is 10.2. The van der Waals surface area contributed by atoms with Gasteiger partial charge in [-0.05, 0) is 37.2 Å². The van der Waals surface area contributed by atoms with Gasteiger partial charge in [0, 0.05) is 25.3 Å². The minimum atomic E-state index is -0.192. The molecule has 0 radical (unpaired) electrons. The Hall–Kier alpha value is -1.46. The number of nitrogens with one attached hydrogen (secondary N) is 2. The molecule has 0 aromatic heterocycles. The third-order valence-corrected chi connectivity index (χ3v) is 2.90. The van der Waals surface area contributed by atoms with Crippen LogP contribution < -0.4 is 10.6 Å². The summed E-state index contributed by atoms with van der Waals surface area (Å²) < 4.78 is 5.44. The molecule has 0 heterocycles. The molecule has 0 spiro atoms. The maximum Gasteiger partial charge on any atom is 0.257 e. The molecule has 2 N–H and O–H groups in total. The Morgan fingerprint density at radius 3 is 2.60 bits per heavy atom. The van der Waals surface area contributed by atoms with Gasteiger partial charge in [0.15, 0.2) is 5.11 Å². The number of carbonyl (C=O) groups excluding carboxylic acids is 1. The van der Waals surface area contributed by atoms with E-state index in [4.69, 9.17) is 17.0 Å². The van der Waals surface area contributed by atoms with Gasteiger partial charge in [-0.2, -0.15) is 0 Å². The number of ether oxygens (including phenoxy) is 1. The number of unbranched alkanes of at least 4 members (excludes halogenated alkanes) is 1. The third kappa shape index (κ3) is 7.21. The highest BCUT2D eigenvalue weighted by Crippen LogP contribution is 1.97. The molecule has 0 saturated heterocycles. The topological polar surface area (TPSA) is 50.4 Å². The molecule has 1 aromatic rings. The smallest absolute Gasteiger partial charge is 0.257 e. The summed E-state index contributed by atoms with van der Waals surface area (Å²) in [4.78, 5) is 11.8. The Labute approximate surface area is 125 Å². The van der Waals surface area contributed by atoms with Gasteiger partial charge in [0.2, 0.25) is 0 Å². The van der Waals surface area contributed by atoms with Crippen LogP contribution in [-0.2, 0) is 4.74 Å². The van der Waals surface area contributed by atoms with Crippen molar-refractivity contribution in [3.8, 4) is 0 Å². The van der Waals surface area contributed by atoms with Gasteiger partial charge >= 0.3 is 0 Å². The van der Waals surface area contributed by atoms with Crippen molar-refractivity contribution in [1.29, 1.82) is 0 Å². The molecule has 110 valence electrons. The molecule has 5 heteroatoms. The van der Waals surface area contributed by atoms with E-state index < -0.39 is 0 Å². The van der Waals surface area contributed by atoms with Gasteiger partial charge in [0.25, 0.3) is 5.91 Å². The highest BCUT2D eigenvalue weighted by atomic mass is 32.1. The lowest BCUT2D eigenvalue weighted by molar-refractivity contribution is 0.0976. The van der Waals surface area contributed by atoms with E-state index >= 15 is 0 Å². The SMILES string of the molecule is CCCCOCCCNC(=S)NC(=O)c1ccccc1. The number of amides is 1. The van der Waals surface area contributed by atoms with Crippen molar-refractivity contribution in [2.75, 3.05) is 19.8 Å². The summed E-state index contributed by atoms with van der Waals surface area (Å²) in [6, 6.07) is 9.00. The van der Waals surface area contributed by atoms with Crippen molar-refractivity contribution in [2.24, 2.45) is 0 Å². The van der Waals surface area contributed by atoms with Gasteiger partial charge in [0.05, 0.1) is 0 Å². The second-order valence-electron chi connectivity index (χ2n) is 4.40. The number of carbonyl (C=O) groups is 1. The van der Waals surface area contributed by atoms with Gasteiger partial charge in [-0.25, -0.2) is 0 Å². The molecule has 0 fully saturated rings. The van der Waals surface area contributed by atoms with Crippen molar-refractivity contribution in [1.82, 2.24) is 10.6 Å². The first kappa shape index (κ1) is 16.6. The Morgan fingerprint density at radius 2 is 1.90 bits per heavy atom. The van der Waals surface area contributed by atoms with Crippen LogP contribution in [-0.4, -0.2) is 30.8 Å². The van der Waals surface area contributed by atoms with Crippen LogP contribution >= 0.6 is 12.2 Å². The van der Waals surface area contributed by atoms with Crippen LogP contribution in [0.15, 0.2) is 30.3 Å². The van der Waals surface area contributed by atoms with E-state index in [9.17, 15) is 4.79 Å². The lowest BCUT2D eigenvalue weighted by Gasteiger charge is -2.09. The van der Waals surface area contributed by atoms with Crippen LogP contribution in [0.3, 0.4) is 0 Å². The average Bonchev–Trinajstić information content (AvgIpc) is 2.47. The standard InChI is InChI=1S/C15H22N2O2S/c1-2-3-11-19-12-7-10-16-15(20)17-14(18)13-8-5-4-6-9-13/h4-6,8-9H,2-3,7,10-12H2,1H3,(H2,16,17,18,20). The number of benzene rings is 1. The molecule has 1 rings (SSSR count). The van der Waals surface area contributed by atoms with Crippen LogP contribution in [0.4, 0.5) is 0 Å². The zero-order valence-corrected chi connectivity index (χ0v) is 12.7. The Bertz CT molecular complexity index is 410. The van der Waals surface area contributed by atoms with E-state index in [1.54, 1.807) is 12.1 Å². The average molecular weight is 294 g/mol. The van der Waals surface area contributed by atoms with Crippen LogP contribution in [0.25, 0.3) is 0 Å². The van der Waals surface area contributed by atoms with E-state index in [-0.39, 0.29) is 5.91 Å². The highest BCUT2D eigenvalue weighted by Gasteiger charge is 2.05. The third-order valence-electron chi connectivity index (χ3n) is 2.66. The molecule has 1 amide bonds. The first-order valence-electron chi connectivity index (χ1n) is 6.96. The second-order valence-corrected chi connectivity index (χ2v) is 4.80. The minimum Gasteiger partial charge on any atom is -0.381 e. The Morgan fingerprint density at radius 1 is 1.20 bits per heavy atom. The molecule has 0 bridgehead atoms. The summed E-state index contributed by atoms with van der Waals surface area (Å²) in [5.74, 6) is -0.192. The second kappa shape index (κ2) is 10.3. The van der Waals surface area contributed by atoms with Gasteiger partial charge < -0.3 is 10.1 Å². The van der Waals surface area contributed by atoms with Crippen LogP contribution in [0.2, 0.25) is 0 Å². The normalized spacial score (nSPS) is 10.1. The fourth-order valence-corrected chi connectivity index (χ4v) is 1.73. The highest BCUT2D eigenvalue weighted by molar-refractivity contribution is 7.80. The van der Waals surface area contributed by atoms with Gasteiger partial charge in [-0.1, -0.05) is 31.5 Å².